The molecule has 2 nitrogen and oxygen atoms in total. The first-order valence-electron chi connectivity index (χ1n) is 4.23. The Labute approximate surface area is 81.0 Å². The van der Waals surface area contributed by atoms with Gasteiger partial charge in [0.2, 0.25) is 0 Å². The maximum absolute atomic E-state index is 12.2. The van der Waals surface area contributed by atoms with Gasteiger partial charge in [-0.15, -0.1) is 6.58 Å². The molecule has 14 heavy (non-hydrogen) atoms. The molecule has 0 aliphatic rings. The van der Waals surface area contributed by atoms with Crippen molar-refractivity contribution >= 4 is 5.78 Å². The highest BCUT2D eigenvalue weighted by atomic mass is 19.4. The summed E-state index contributed by atoms with van der Waals surface area (Å²) < 4.78 is 36.7. The average molecular weight is 209 g/mol. The van der Waals surface area contributed by atoms with Crippen LogP contribution in [0.15, 0.2) is 12.7 Å². The van der Waals surface area contributed by atoms with E-state index in [1.807, 2.05) is 0 Å². The highest BCUT2D eigenvalue weighted by molar-refractivity contribution is 5.88. The minimum atomic E-state index is -4.68. The largest absolute Gasteiger partial charge is 0.413 e. The van der Waals surface area contributed by atoms with E-state index in [0.29, 0.717) is 19.8 Å². The molecule has 0 aliphatic carbocycles. The predicted octanol–water partition coefficient (Wildman–Crippen LogP) is 2.19. The van der Waals surface area contributed by atoms with Crippen LogP contribution in [-0.2, 0) is 4.79 Å². The number of hydrogen-bond acceptors (Lipinski definition) is 2. The molecule has 0 heterocycles. The van der Waals surface area contributed by atoms with Crippen LogP contribution in [0.3, 0.4) is 0 Å². The molecule has 0 rings (SSSR count). The number of hydrogen-bond donors (Lipinski definition) is 1. The first kappa shape index (κ1) is 13.2. The molecule has 0 saturated heterocycles. The number of halogens is 3. The Hall–Kier alpha value is -0.840. The van der Waals surface area contributed by atoms with Crippen LogP contribution in [0.1, 0.15) is 26.2 Å². The zero-order valence-corrected chi connectivity index (χ0v) is 8.03. The van der Waals surface area contributed by atoms with Crippen molar-refractivity contribution in [2.45, 2.75) is 37.9 Å². The highest BCUT2D eigenvalue weighted by Crippen LogP contribution is 2.29. The first-order valence-corrected chi connectivity index (χ1v) is 4.23. The zero-order chi connectivity index (χ0) is 11.4. The van der Waals surface area contributed by atoms with Crippen LogP contribution in [0.25, 0.3) is 0 Å². The summed E-state index contributed by atoms with van der Waals surface area (Å²) in [6.45, 7) is 4.10. The molecule has 2 N–H and O–H groups in total. The third-order valence-electron chi connectivity index (χ3n) is 1.98. The Balaban J connectivity index is 4.29. The van der Waals surface area contributed by atoms with Gasteiger partial charge in [0, 0.05) is 6.42 Å². The van der Waals surface area contributed by atoms with Gasteiger partial charge in [-0.25, -0.2) is 0 Å². The number of ketones is 1. The summed E-state index contributed by atoms with van der Waals surface area (Å²) in [6.07, 6.45) is -2.43. The van der Waals surface area contributed by atoms with E-state index in [9.17, 15) is 18.0 Å². The first-order chi connectivity index (χ1) is 6.23. The molecule has 0 fully saturated rings. The Kier molecular flexibility index (Phi) is 4.32. The van der Waals surface area contributed by atoms with E-state index in [0.717, 1.165) is 0 Å². The lowest BCUT2D eigenvalue weighted by molar-refractivity contribution is -0.186. The number of rotatable bonds is 5. The lowest BCUT2D eigenvalue weighted by Crippen LogP contribution is -2.57. The number of Topliss-reactive ketones (excluding diaryl/α,β-unsaturated/α-hetero) is 1. The lowest BCUT2D eigenvalue weighted by Gasteiger charge is -2.25. The molecule has 0 aromatic rings. The molecular weight excluding hydrogens is 195 g/mol. The fraction of sp³-hybridized carbons (Fsp3) is 0.667. The van der Waals surface area contributed by atoms with Crippen LogP contribution in [0.2, 0.25) is 0 Å². The number of unbranched alkanes of at least 4 members (excludes halogenated alkanes) is 1. The molecule has 82 valence electrons. The number of nitrogens with two attached hydrogens (primary N) is 1. The second-order valence-electron chi connectivity index (χ2n) is 3.30. The predicted molar refractivity (Wildman–Crippen MR) is 47.7 cm³/mol. The summed E-state index contributed by atoms with van der Waals surface area (Å²) in [7, 11) is 0. The molecule has 1 atom stereocenters. The summed E-state index contributed by atoms with van der Waals surface area (Å²) in [5.74, 6) is -0.980. The Bertz CT molecular complexity index is 221. The molecule has 0 saturated carbocycles. The molecule has 0 bridgehead atoms. The SMILES string of the molecule is C=CCCCC(=O)C(C)(N)C(F)(F)F. The number of carbonyl (C=O) groups excluding carboxylic acids is 1. The van der Waals surface area contributed by atoms with E-state index in [4.69, 9.17) is 5.73 Å². The summed E-state index contributed by atoms with van der Waals surface area (Å²) in [5.41, 5.74) is 2.19. The molecule has 0 spiro atoms. The van der Waals surface area contributed by atoms with E-state index in [-0.39, 0.29) is 6.42 Å². The van der Waals surface area contributed by atoms with Gasteiger partial charge in [-0.3, -0.25) is 4.79 Å². The van der Waals surface area contributed by atoms with Crippen molar-refractivity contribution in [3.05, 3.63) is 12.7 Å². The van der Waals surface area contributed by atoms with Gasteiger partial charge in [0.05, 0.1) is 0 Å². The van der Waals surface area contributed by atoms with Gasteiger partial charge in [-0.2, -0.15) is 13.2 Å². The van der Waals surface area contributed by atoms with Crippen molar-refractivity contribution in [2.24, 2.45) is 5.73 Å². The summed E-state index contributed by atoms with van der Waals surface area (Å²) >= 11 is 0. The quantitative estimate of drug-likeness (QED) is 0.557. The van der Waals surface area contributed by atoms with E-state index in [1.165, 1.54) is 0 Å². The van der Waals surface area contributed by atoms with Crippen LogP contribution >= 0.6 is 0 Å². The van der Waals surface area contributed by atoms with Gasteiger partial charge in [0.1, 0.15) is 0 Å². The monoisotopic (exact) mass is 209 g/mol. The van der Waals surface area contributed by atoms with Crippen molar-refractivity contribution in [1.82, 2.24) is 0 Å². The molecule has 0 aromatic carbocycles. The van der Waals surface area contributed by atoms with Crippen LogP contribution in [-0.4, -0.2) is 17.5 Å². The number of alkyl halides is 3. The molecular formula is C9H14F3NO. The summed E-state index contributed by atoms with van der Waals surface area (Å²) in [4.78, 5) is 11.1. The third kappa shape index (κ3) is 3.14. The van der Waals surface area contributed by atoms with E-state index in [1.54, 1.807) is 6.08 Å². The van der Waals surface area contributed by atoms with Gasteiger partial charge in [-0.05, 0) is 19.8 Å². The number of carbonyl (C=O) groups is 1. The highest BCUT2D eigenvalue weighted by Gasteiger charge is 2.52. The molecule has 5 heteroatoms. The topological polar surface area (TPSA) is 43.1 Å². The van der Waals surface area contributed by atoms with Crippen LogP contribution < -0.4 is 5.73 Å². The minimum absolute atomic E-state index is 0.168. The van der Waals surface area contributed by atoms with Crippen LogP contribution in [0, 0.1) is 0 Å². The van der Waals surface area contributed by atoms with Gasteiger partial charge >= 0.3 is 6.18 Å². The fourth-order valence-corrected chi connectivity index (χ4v) is 0.825. The van der Waals surface area contributed by atoms with Gasteiger partial charge in [-0.1, -0.05) is 6.08 Å². The zero-order valence-electron chi connectivity index (χ0n) is 8.03. The average Bonchev–Trinajstić information content (AvgIpc) is 2.02. The minimum Gasteiger partial charge on any atom is -0.312 e. The Morgan fingerprint density at radius 3 is 2.36 bits per heavy atom. The normalized spacial score (nSPS) is 16.1. The Morgan fingerprint density at radius 2 is 2.00 bits per heavy atom. The van der Waals surface area contributed by atoms with Crippen LogP contribution in [0.4, 0.5) is 13.2 Å². The van der Waals surface area contributed by atoms with Gasteiger partial charge in [0.15, 0.2) is 11.3 Å². The van der Waals surface area contributed by atoms with Crippen molar-refractivity contribution in [3.63, 3.8) is 0 Å². The summed E-state index contributed by atoms with van der Waals surface area (Å²) in [6, 6.07) is 0. The van der Waals surface area contributed by atoms with E-state index >= 15 is 0 Å². The van der Waals surface area contributed by atoms with E-state index in [2.05, 4.69) is 6.58 Å². The number of allylic oxidation sites excluding steroid dienone is 1. The van der Waals surface area contributed by atoms with Gasteiger partial charge < -0.3 is 5.73 Å². The molecule has 0 radical (unpaired) electrons. The third-order valence-corrected chi connectivity index (χ3v) is 1.98. The van der Waals surface area contributed by atoms with Crippen molar-refractivity contribution in [1.29, 1.82) is 0 Å². The van der Waals surface area contributed by atoms with Crippen molar-refractivity contribution in [2.75, 3.05) is 0 Å². The Morgan fingerprint density at radius 1 is 1.50 bits per heavy atom. The second-order valence-corrected chi connectivity index (χ2v) is 3.30. The maximum Gasteiger partial charge on any atom is 0.413 e. The standard InChI is InChI=1S/C9H14F3NO/c1-3-4-5-6-7(14)8(2,13)9(10,11)12/h3H,1,4-6,13H2,2H3. The molecule has 1 unspecified atom stereocenters. The summed E-state index contributed by atoms with van der Waals surface area (Å²) in [5, 5.41) is 0. The van der Waals surface area contributed by atoms with E-state index < -0.39 is 17.5 Å². The second kappa shape index (κ2) is 4.59. The smallest absolute Gasteiger partial charge is 0.312 e. The van der Waals surface area contributed by atoms with Gasteiger partial charge in [0.25, 0.3) is 0 Å². The van der Waals surface area contributed by atoms with Crippen LogP contribution in [0.5, 0.6) is 0 Å². The maximum atomic E-state index is 12.2. The lowest BCUT2D eigenvalue weighted by atomic mass is 9.93. The molecule has 0 aliphatic heterocycles. The fourth-order valence-electron chi connectivity index (χ4n) is 0.825. The molecule has 0 aromatic heterocycles. The molecule has 0 amide bonds. The van der Waals surface area contributed by atoms with Crippen molar-refractivity contribution in [3.8, 4) is 0 Å². The van der Waals surface area contributed by atoms with Crippen molar-refractivity contribution < 1.29 is 18.0 Å².